The molecule has 0 fully saturated rings. The van der Waals surface area contributed by atoms with Crippen LogP contribution in [0.1, 0.15) is 5.56 Å². The number of hydrogen-bond acceptors (Lipinski definition) is 1. The van der Waals surface area contributed by atoms with Gasteiger partial charge in [0.05, 0.1) is 12.1 Å². The van der Waals surface area contributed by atoms with Crippen molar-refractivity contribution in [2.45, 2.75) is 6.42 Å². The van der Waals surface area contributed by atoms with Crippen LogP contribution in [0.2, 0.25) is 5.02 Å². The molecule has 104 valence electrons. The van der Waals surface area contributed by atoms with Gasteiger partial charge in [-0.3, -0.25) is 4.79 Å². The molecule has 0 atom stereocenters. The average Bonchev–Trinajstić information content (AvgIpc) is 2.37. The van der Waals surface area contributed by atoms with Crippen LogP contribution >= 0.6 is 34.2 Å². The molecule has 6 heteroatoms. The van der Waals surface area contributed by atoms with Crippen molar-refractivity contribution in [3.8, 4) is 0 Å². The first-order chi connectivity index (χ1) is 9.47. The molecule has 0 bridgehead atoms. The van der Waals surface area contributed by atoms with E-state index in [4.69, 9.17) is 11.6 Å². The van der Waals surface area contributed by atoms with E-state index in [0.717, 1.165) is 15.7 Å². The summed E-state index contributed by atoms with van der Waals surface area (Å²) < 4.78 is 27.6. The minimum Gasteiger partial charge on any atom is -0.325 e. The van der Waals surface area contributed by atoms with Crippen molar-refractivity contribution in [1.82, 2.24) is 0 Å². The quantitative estimate of drug-likeness (QED) is 0.751. The van der Waals surface area contributed by atoms with Gasteiger partial charge in [-0.15, -0.1) is 0 Å². The van der Waals surface area contributed by atoms with Gasteiger partial charge in [0.1, 0.15) is 11.6 Å². The number of halogens is 4. The SMILES string of the molecule is O=C(Cc1c(F)cccc1F)Nc1ccc(Cl)cc1I. The fraction of sp³-hybridized carbons (Fsp3) is 0.0714. The number of benzene rings is 2. The third-order valence-corrected chi connectivity index (χ3v) is 3.73. The van der Waals surface area contributed by atoms with E-state index in [1.807, 2.05) is 22.6 Å². The van der Waals surface area contributed by atoms with Crippen LogP contribution in [0.25, 0.3) is 0 Å². The van der Waals surface area contributed by atoms with E-state index in [2.05, 4.69) is 5.32 Å². The van der Waals surface area contributed by atoms with Crippen molar-refractivity contribution in [2.24, 2.45) is 0 Å². The molecule has 0 unspecified atom stereocenters. The number of hydrogen-bond donors (Lipinski definition) is 1. The summed E-state index contributed by atoms with van der Waals surface area (Å²) in [6.07, 6.45) is -0.364. The smallest absolute Gasteiger partial charge is 0.229 e. The fourth-order valence-electron chi connectivity index (χ4n) is 1.65. The van der Waals surface area contributed by atoms with Gasteiger partial charge < -0.3 is 5.32 Å². The van der Waals surface area contributed by atoms with Crippen molar-refractivity contribution in [2.75, 3.05) is 5.32 Å². The molecule has 2 nitrogen and oxygen atoms in total. The Morgan fingerprint density at radius 2 is 1.85 bits per heavy atom. The zero-order valence-electron chi connectivity index (χ0n) is 10.1. The molecule has 0 aliphatic heterocycles. The predicted molar refractivity (Wildman–Crippen MR) is 82.9 cm³/mol. The van der Waals surface area contributed by atoms with Crippen LogP contribution < -0.4 is 5.32 Å². The van der Waals surface area contributed by atoms with E-state index >= 15 is 0 Å². The first kappa shape index (κ1) is 15.2. The van der Waals surface area contributed by atoms with Gasteiger partial charge in [-0.25, -0.2) is 8.78 Å². The third-order valence-electron chi connectivity index (χ3n) is 2.60. The number of anilines is 1. The lowest BCUT2D eigenvalue weighted by Gasteiger charge is -2.09. The Bertz CT molecular complexity index is 643. The zero-order chi connectivity index (χ0) is 14.7. The molecule has 0 heterocycles. The van der Waals surface area contributed by atoms with Gasteiger partial charge in [-0.05, 0) is 52.9 Å². The Balaban J connectivity index is 2.13. The summed E-state index contributed by atoms with van der Waals surface area (Å²) in [4.78, 5) is 11.8. The van der Waals surface area contributed by atoms with E-state index in [0.29, 0.717) is 10.7 Å². The second-order valence-electron chi connectivity index (χ2n) is 4.05. The molecular formula is C14H9ClF2INO. The predicted octanol–water partition coefficient (Wildman–Crippen LogP) is 4.40. The highest BCUT2D eigenvalue weighted by molar-refractivity contribution is 14.1. The molecule has 0 aromatic heterocycles. The zero-order valence-corrected chi connectivity index (χ0v) is 13.0. The van der Waals surface area contributed by atoms with Crippen molar-refractivity contribution in [3.05, 3.63) is 62.2 Å². The van der Waals surface area contributed by atoms with Gasteiger partial charge in [0.15, 0.2) is 0 Å². The summed E-state index contributed by atoms with van der Waals surface area (Å²) in [6.45, 7) is 0. The van der Waals surface area contributed by atoms with Gasteiger partial charge in [-0.2, -0.15) is 0 Å². The molecule has 2 aromatic rings. The van der Waals surface area contributed by atoms with Crippen molar-refractivity contribution in [1.29, 1.82) is 0 Å². The first-order valence-electron chi connectivity index (χ1n) is 5.65. The van der Waals surface area contributed by atoms with Crippen LogP contribution in [0, 0.1) is 15.2 Å². The number of amides is 1. The van der Waals surface area contributed by atoms with Crippen molar-refractivity contribution < 1.29 is 13.6 Å². The maximum Gasteiger partial charge on any atom is 0.229 e. The molecule has 0 aliphatic carbocycles. The third kappa shape index (κ3) is 3.67. The summed E-state index contributed by atoms with van der Waals surface area (Å²) >= 11 is 7.82. The first-order valence-corrected chi connectivity index (χ1v) is 7.11. The summed E-state index contributed by atoms with van der Waals surface area (Å²) in [5, 5.41) is 3.15. The molecule has 2 rings (SSSR count). The topological polar surface area (TPSA) is 29.1 Å². The van der Waals surface area contributed by atoms with Crippen molar-refractivity contribution in [3.63, 3.8) is 0 Å². The Morgan fingerprint density at radius 1 is 1.20 bits per heavy atom. The Kier molecular flexibility index (Phi) is 4.93. The van der Waals surface area contributed by atoms with Crippen LogP contribution in [-0.4, -0.2) is 5.91 Å². The highest BCUT2D eigenvalue weighted by atomic mass is 127. The van der Waals surface area contributed by atoms with Gasteiger partial charge >= 0.3 is 0 Å². The van der Waals surface area contributed by atoms with E-state index < -0.39 is 17.5 Å². The standard InChI is InChI=1S/C14H9ClF2INO/c15-8-4-5-13(12(18)6-8)19-14(20)7-9-10(16)2-1-3-11(9)17/h1-6H,7H2,(H,19,20). The second-order valence-corrected chi connectivity index (χ2v) is 5.65. The average molecular weight is 408 g/mol. The molecule has 0 spiro atoms. The lowest BCUT2D eigenvalue weighted by atomic mass is 10.1. The molecular weight excluding hydrogens is 399 g/mol. The molecule has 1 amide bonds. The van der Waals surface area contributed by atoms with Gasteiger partial charge in [0.25, 0.3) is 0 Å². The molecule has 0 aliphatic rings. The van der Waals surface area contributed by atoms with Crippen LogP contribution in [0.3, 0.4) is 0 Å². The molecule has 0 radical (unpaired) electrons. The fourth-order valence-corrected chi connectivity index (χ4v) is 2.65. The maximum atomic E-state index is 13.4. The van der Waals surface area contributed by atoms with Gasteiger partial charge in [0.2, 0.25) is 5.91 Å². The summed E-state index contributed by atoms with van der Waals surface area (Å²) in [5.74, 6) is -1.95. The van der Waals surface area contributed by atoms with E-state index in [-0.39, 0.29) is 12.0 Å². The van der Waals surface area contributed by atoms with Gasteiger partial charge in [-0.1, -0.05) is 17.7 Å². The molecule has 0 saturated carbocycles. The second kappa shape index (κ2) is 6.49. The summed E-state index contributed by atoms with van der Waals surface area (Å²) in [7, 11) is 0. The minimum absolute atomic E-state index is 0.242. The number of carbonyl (C=O) groups excluding carboxylic acids is 1. The minimum atomic E-state index is -0.731. The van der Waals surface area contributed by atoms with E-state index in [9.17, 15) is 13.6 Å². The molecule has 2 aromatic carbocycles. The van der Waals surface area contributed by atoms with Gasteiger partial charge in [0, 0.05) is 14.2 Å². The lowest BCUT2D eigenvalue weighted by Crippen LogP contribution is -2.16. The maximum absolute atomic E-state index is 13.4. The summed E-state index contributed by atoms with van der Waals surface area (Å²) in [5.41, 5.74) is 0.311. The Hall–Kier alpha value is -1.21. The number of carbonyl (C=O) groups is 1. The molecule has 20 heavy (non-hydrogen) atoms. The van der Waals surface area contributed by atoms with Crippen LogP contribution in [0.5, 0.6) is 0 Å². The van der Waals surface area contributed by atoms with E-state index in [1.54, 1.807) is 18.2 Å². The molecule has 0 saturated heterocycles. The Morgan fingerprint density at radius 3 is 2.45 bits per heavy atom. The lowest BCUT2D eigenvalue weighted by molar-refractivity contribution is -0.115. The summed E-state index contributed by atoms with van der Waals surface area (Å²) in [6, 6.07) is 8.45. The highest BCUT2D eigenvalue weighted by Gasteiger charge is 2.14. The van der Waals surface area contributed by atoms with Crippen LogP contribution in [0.15, 0.2) is 36.4 Å². The Labute approximate surface area is 133 Å². The highest BCUT2D eigenvalue weighted by Crippen LogP contribution is 2.22. The number of rotatable bonds is 3. The van der Waals surface area contributed by atoms with Crippen LogP contribution in [0.4, 0.5) is 14.5 Å². The van der Waals surface area contributed by atoms with Crippen molar-refractivity contribution >= 4 is 45.8 Å². The normalized spacial score (nSPS) is 10.4. The van der Waals surface area contributed by atoms with Crippen LogP contribution in [-0.2, 0) is 11.2 Å². The monoisotopic (exact) mass is 407 g/mol. The number of nitrogens with one attached hydrogen (secondary N) is 1. The molecule has 1 N–H and O–H groups in total. The largest absolute Gasteiger partial charge is 0.325 e. The van der Waals surface area contributed by atoms with E-state index in [1.165, 1.54) is 6.07 Å².